The molecule has 5 nitrogen and oxygen atoms in total. The number of hydrogen-bond donors (Lipinski definition) is 2. The summed E-state index contributed by atoms with van der Waals surface area (Å²) in [6, 6.07) is 2.90. The van der Waals surface area contributed by atoms with E-state index in [2.05, 4.69) is 0 Å². The van der Waals surface area contributed by atoms with Gasteiger partial charge in [0.25, 0.3) is 0 Å². The molecule has 0 aliphatic carbocycles. The van der Waals surface area contributed by atoms with Gasteiger partial charge in [-0.25, -0.2) is 0 Å². The van der Waals surface area contributed by atoms with Crippen molar-refractivity contribution in [2.75, 3.05) is 20.3 Å². The van der Waals surface area contributed by atoms with Gasteiger partial charge in [0.15, 0.2) is 11.5 Å². The highest BCUT2D eigenvalue weighted by Crippen LogP contribution is 2.36. The summed E-state index contributed by atoms with van der Waals surface area (Å²) in [6.07, 6.45) is -0.359. The molecule has 6 heteroatoms. The lowest BCUT2D eigenvalue weighted by molar-refractivity contribution is 0.0527. The number of rotatable bonds is 6. The average molecular weight is 261 g/mol. The first-order chi connectivity index (χ1) is 8.12. The predicted molar refractivity (Wildman–Crippen MR) is 62.0 cm³/mol. The van der Waals surface area contributed by atoms with Crippen LogP contribution >= 0.6 is 11.6 Å². The standard InChI is InChI=1S/C11H13ClO5/c1-16-10-3-7(4-13)2-9(12)11(10)17-6-8(15)5-14/h2-4,8,14-15H,5-6H2,1H3. The summed E-state index contributed by atoms with van der Waals surface area (Å²) in [5.74, 6) is 0.525. The minimum atomic E-state index is -0.999. The number of hydrogen-bond acceptors (Lipinski definition) is 5. The van der Waals surface area contributed by atoms with Gasteiger partial charge >= 0.3 is 0 Å². The lowest BCUT2D eigenvalue weighted by Crippen LogP contribution is -2.21. The van der Waals surface area contributed by atoms with Gasteiger partial charge in [-0.1, -0.05) is 11.6 Å². The molecule has 0 saturated carbocycles. The van der Waals surface area contributed by atoms with Gasteiger partial charge in [-0.3, -0.25) is 4.79 Å². The Labute approximate surface area is 104 Å². The summed E-state index contributed by atoms with van der Waals surface area (Å²) in [6.45, 7) is -0.528. The zero-order valence-electron chi connectivity index (χ0n) is 9.22. The molecule has 0 spiro atoms. The molecule has 0 fully saturated rings. The van der Waals surface area contributed by atoms with Crippen molar-refractivity contribution < 1.29 is 24.5 Å². The molecule has 2 N–H and O–H groups in total. The zero-order chi connectivity index (χ0) is 12.8. The van der Waals surface area contributed by atoms with E-state index in [1.807, 2.05) is 0 Å². The van der Waals surface area contributed by atoms with Gasteiger partial charge in [0, 0.05) is 5.56 Å². The van der Waals surface area contributed by atoms with Gasteiger partial charge < -0.3 is 19.7 Å². The Kier molecular flexibility index (Phi) is 5.21. The second-order valence-corrected chi connectivity index (χ2v) is 3.71. The molecular weight excluding hydrogens is 248 g/mol. The second kappa shape index (κ2) is 6.44. The Bertz CT molecular complexity index is 394. The molecule has 0 radical (unpaired) electrons. The molecule has 1 aromatic rings. The largest absolute Gasteiger partial charge is 0.493 e. The van der Waals surface area contributed by atoms with Gasteiger partial charge in [-0.2, -0.15) is 0 Å². The third-order valence-electron chi connectivity index (χ3n) is 2.02. The van der Waals surface area contributed by atoms with Crippen LogP contribution in [0.15, 0.2) is 12.1 Å². The summed E-state index contributed by atoms with van der Waals surface area (Å²) < 4.78 is 10.3. The Hall–Kier alpha value is -1.30. The van der Waals surface area contributed by atoms with E-state index in [1.165, 1.54) is 19.2 Å². The van der Waals surface area contributed by atoms with Crippen LogP contribution in [-0.4, -0.2) is 42.9 Å². The molecule has 1 unspecified atom stereocenters. The van der Waals surface area contributed by atoms with Crippen molar-refractivity contribution in [1.82, 2.24) is 0 Å². The fraction of sp³-hybridized carbons (Fsp3) is 0.364. The Balaban J connectivity index is 2.93. The van der Waals surface area contributed by atoms with E-state index >= 15 is 0 Å². The molecule has 0 aromatic heterocycles. The molecule has 0 heterocycles. The van der Waals surface area contributed by atoms with Gasteiger partial charge in [0.2, 0.25) is 0 Å². The maximum Gasteiger partial charge on any atom is 0.179 e. The van der Waals surface area contributed by atoms with E-state index in [0.29, 0.717) is 17.6 Å². The minimum absolute atomic E-state index is 0.118. The van der Waals surface area contributed by atoms with Crippen LogP contribution in [0.2, 0.25) is 5.02 Å². The first kappa shape index (κ1) is 13.8. The Morgan fingerprint density at radius 2 is 2.24 bits per heavy atom. The molecule has 0 aliphatic heterocycles. The van der Waals surface area contributed by atoms with Gasteiger partial charge in [-0.15, -0.1) is 0 Å². The Morgan fingerprint density at radius 3 is 2.76 bits per heavy atom. The maximum absolute atomic E-state index is 10.6. The number of benzene rings is 1. The van der Waals surface area contributed by atoms with Crippen LogP contribution in [-0.2, 0) is 0 Å². The highest BCUT2D eigenvalue weighted by atomic mass is 35.5. The fourth-order valence-corrected chi connectivity index (χ4v) is 1.45. The SMILES string of the molecule is COc1cc(C=O)cc(Cl)c1OCC(O)CO. The molecule has 0 aliphatic rings. The van der Waals surface area contributed by atoms with Crippen LogP contribution in [0, 0.1) is 0 Å². The lowest BCUT2D eigenvalue weighted by Gasteiger charge is -2.14. The first-order valence-electron chi connectivity index (χ1n) is 4.86. The normalized spacial score (nSPS) is 12.0. The van der Waals surface area contributed by atoms with Crippen molar-refractivity contribution in [2.45, 2.75) is 6.10 Å². The summed E-state index contributed by atoms with van der Waals surface area (Å²) in [4.78, 5) is 10.6. The number of carbonyl (C=O) groups excluding carboxylic acids is 1. The first-order valence-corrected chi connectivity index (χ1v) is 5.24. The third kappa shape index (κ3) is 3.59. The van der Waals surface area contributed by atoms with Crippen LogP contribution in [0.3, 0.4) is 0 Å². The van der Waals surface area contributed by atoms with E-state index in [9.17, 15) is 4.79 Å². The highest BCUT2D eigenvalue weighted by Gasteiger charge is 2.13. The van der Waals surface area contributed by atoms with E-state index in [1.54, 1.807) is 0 Å². The van der Waals surface area contributed by atoms with Crippen molar-refractivity contribution in [3.63, 3.8) is 0 Å². The summed E-state index contributed by atoms with van der Waals surface area (Å²) in [7, 11) is 1.41. The smallest absolute Gasteiger partial charge is 0.179 e. The van der Waals surface area contributed by atoms with E-state index in [0.717, 1.165) is 0 Å². The summed E-state index contributed by atoms with van der Waals surface area (Å²) >= 11 is 5.91. The quantitative estimate of drug-likeness (QED) is 0.743. The molecule has 1 rings (SSSR count). The van der Waals surface area contributed by atoms with Crippen molar-refractivity contribution in [3.8, 4) is 11.5 Å². The predicted octanol–water partition coefficient (Wildman–Crippen LogP) is 0.893. The number of aldehydes is 1. The van der Waals surface area contributed by atoms with Crippen LogP contribution < -0.4 is 9.47 Å². The average Bonchev–Trinajstić information content (AvgIpc) is 2.35. The number of aliphatic hydroxyl groups is 2. The molecule has 1 aromatic carbocycles. The number of ether oxygens (including phenoxy) is 2. The van der Waals surface area contributed by atoms with Crippen LogP contribution in [0.25, 0.3) is 0 Å². The van der Waals surface area contributed by atoms with Crippen molar-refractivity contribution in [2.24, 2.45) is 0 Å². The number of halogens is 1. The number of methoxy groups -OCH3 is 1. The van der Waals surface area contributed by atoms with Crippen LogP contribution in [0.1, 0.15) is 10.4 Å². The lowest BCUT2D eigenvalue weighted by atomic mass is 10.2. The van der Waals surface area contributed by atoms with E-state index < -0.39 is 12.7 Å². The van der Waals surface area contributed by atoms with Crippen LogP contribution in [0.5, 0.6) is 11.5 Å². The van der Waals surface area contributed by atoms with Gasteiger partial charge in [0.1, 0.15) is 19.0 Å². The Morgan fingerprint density at radius 1 is 1.53 bits per heavy atom. The molecule has 0 bridgehead atoms. The topological polar surface area (TPSA) is 76.0 Å². The van der Waals surface area contributed by atoms with E-state index in [4.69, 9.17) is 31.3 Å². The van der Waals surface area contributed by atoms with Crippen molar-refractivity contribution in [1.29, 1.82) is 0 Å². The highest BCUT2D eigenvalue weighted by molar-refractivity contribution is 6.32. The number of carbonyl (C=O) groups is 1. The maximum atomic E-state index is 10.6. The monoisotopic (exact) mass is 260 g/mol. The van der Waals surface area contributed by atoms with Crippen LogP contribution in [0.4, 0.5) is 0 Å². The molecular formula is C11H13ClO5. The molecule has 94 valence electrons. The molecule has 17 heavy (non-hydrogen) atoms. The van der Waals surface area contributed by atoms with Crippen molar-refractivity contribution in [3.05, 3.63) is 22.7 Å². The molecule has 0 amide bonds. The fourth-order valence-electron chi connectivity index (χ4n) is 1.18. The zero-order valence-corrected chi connectivity index (χ0v) is 9.98. The third-order valence-corrected chi connectivity index (χ3v) is 2.30. The minimum Gasteiger partial charge on any atom is -0.493 e. The van der Waals surface area contributed by atoms with E-state index in [-0.39, 0.29) is 17.4 Å². The summed E-state index contributed by atoms with van der Waals surface area (Å²) in [5, 5.41) is 18.0. The molecule has 1 atom stereocenters. The summed E-state index contributed by atoms with van der Waals surface area (Å²) in [5.41, 5.74) is 0.363. The van der Waals surface area contributed by atoms with Crippen molar-refractivity contribution >= 4 is 17.9 Å². The molecule has 0 saturated heterocycles. The number of aliphatic hydroxyl groups excluding tert-OH is 2. The second-order valence-electron chi connectivity index (χ2n) is 3.30. The van der Waals surface area contributed by atoms with Gasteiger partial charge in [0.05, 0.1) is 18.7 Å². The van der Waals surface area contributed by atoms with Gasteiger partial charge in [-0.05, 0) is 12.1 Å².